The van der Waals surface area contributed by atoms with Crippen LogP contribution >= 0.6 is 0 Å². The first-order valence-electron chi connectivity index (χ1n) is 10.7. The second-order valence-electron chi connectivity index (χ2n) is 7.54. The molecular formula is C25H28N2O5S. The van der Waals surface area contributed by atoms with Crippen LogP contribution in [-0.2, 0) is 21.4 Å². The van der Waals surface area contributed by atoms with Gasteiger partial charge >= 0.3 is 0 Å². The van der Waals surface area contributed by atoms with Crippen LogP contribution < -0.4 is 19.5 Å². The van der Waals surface area contributed by atoms with Crippen LogP contribution in [0, 0.1) is 0 Å². The van der Waals surface area contributed by atoms with Gasteiger partial charge in [0.1, 0.15) is 18.1 Å². The average Bonchev–Trinajstić information content (AvgIpc) is 2.83. The Labute approximate surface area is 194 Å². The van der Waals surface area contributed by atoms with Gasteiger partial charge in [-0.3, -0.25) is 4.79 Å². The first-order valence-corrected chi connectivity index (χ1v) is 12.2. The van der Waals surface area contributed by atoms with E-state index < -0.39 is 10.0 Å². The third-order valence-corrected chi connectivity index (χ3v) is 6.46. The van der Waals surface area contributed by atoms with Crippen LogP contribution in [0.3, 0.4) is 0 Å². The standard InChI is InChI=1S/C25H28N2O5S/c1-3-19(2)27-33(29,30)24-15-13-23(14-16-24)32-18-25(28)26-21-9-11-22(12-10-21)31-17-20-7-5-4-6-8-20/h4-16,19,27H,3,17-18H2,1-2H3,(H,26,28)/t19-/m0/s1. The Balaban J connectivity index is 1.46. The van der Waals surface area contributed by atoms with Gasteiger partial charge in [-0.05, 0) is 67.4 Å². The second kappa shape index (κ2) is 11.5. The molecule has 3 aromatic carbocycles. The van der Waals surface area contributed by atoms with E-state index in [1.165, 1.54) is 24.3 Å². The highest BCUT2D eigenvalue weighted by Crippen LogP contribution is 2.18. The normalized spacial score (nSPS) is 12.1. The number of hydrogen-bond acceptors (Lipinski definition) is 5. The lowest BCUT2D eigenvalue weighted by atomic mass is 10.2. The van der Waals surface area contributed by atoms with Crippen molar-refractivity contribution in [3.63, 3.8) is 0 Å². The molecule has 0 bridgehead atoms. The summed E-state index contributed by atoms with van der Waals surface area (Å²) in [6.45, 7) is 3.97. The van der Waals surface area contributed by atoms with E-state index in [1.807, 2.05) is 37.3 Å². The predicted octanol–water partition coefficient (Wildman–Crippen LogP) is 4.36. The Hall–Kier alpha value is -3.36. The van der Waals surface area contributed by atoms with E-state index in [1.54, 1.807) is 31.2 Å². The van der Waals surface area contributed by atoms with Gasteiger partial charge in [-0.1, -0.05) is 37.3 Å². The third kappa shape index (κ3) is 7.62. The third-order valence-electron chi connectivity index (χ3n) is 4.86. The van der Waals surface area contributed by atoms with E-state index in [9.17, 15) is 13.2 Å². The highest BCUT2D eigenvalue weighted by molar-refractivity contribution is 7.89. The average molecular weight is 469 g/mol. The molecule has 0 aromatic heterocycles. The summed E-state index contributed by atoms with van der Waals surface area (Å²) < 4.78 is 38.4. The van der Waals surface area contributed by atoms with Crippen molar-refractivity contribution in [3.8, 4) is 11.5 Å². The number of rotatable bonds is 11. The number of benzene rings is 3. The predicted molar refractivity (Wildman–Crippen MR) is 128 cm³/mol. The number of carbonyl (C=O) groups is 1. The molecule has 7 nitrogen and oxygen atoms in total. The molecule has 1 atom stereocenters. The Morgan fingerprint density at radius 2 is 1.48 bits per heavy atom. The Bertz CT molecular complexity index is 1130. The smallest absolute Gasteiger partial charge is 0.262 e. The van der Waals surface area contributed by atoms with Gasteiger partial charge in [-0.2, -0.15) is 0 Å². The fraction of sp³-hybridized carbons (Fsp3) is 0.240. The van der Waals surface area contributed by atoms with Crippen molar-refractivity contribution < 1.29 is 22.7 Å². The highest BCUT2D eigenvalue weighted by Gasteiger charge is 2.16. The number of ether oxygens (including phenoxy) is 2. The van der Waals surface area contributed by atoms with Gasteiger partial charge in [0, 0.05) is 11.7 Å². The van der Waals surface area contributed by atoms with Gasteiger partial charge < -0.3 is 14.8 Å². The summed E-state index contributed by atoms with van der Waals surface area (Å²) in [5.74, 6) is 0.770. The van der Waals surface area contributed by atoms with Crippen molar-refractivity contribution in [2.24, 2.45) is 0 Å². The zero-order chi connectivity index (χ0) is 23.7. The minimum absolute atomic E-state index is 0.147. The highest BCUT2D eigenvalue weighted by atomic mass is 32.2. The maximum absolute atomic E-state index is 12.3. The molecule has 8 heteroatoms. The van der Waals surface area contributed by atoms with Crippen molar-refractivity contribution in [2.45, 2.75) is 37.8 Å². The largest absolute Gasteiger partial charge is 0.489 e. The van der Waals surface area contributed by atoms with Crippen LogP contribution in [0.2, 0.25) is 0 Å². The molecule has 0 aliphatic carbocycles. The van der Waals surface area contributed by atoms with Crippen LogP contribution in [0.1, 0.15) is 25.8 Å². The first-order chi connectivity index (χ1) is 15.9. The van der Waals surface area contributed by atoms with E-state index in [0.29, 0.717) is 30.2 Å². The molecule has 2 N–H and O–H groups in total. The van der Waals surface area contributed by atoms with Gasteiger partial charge in [-0.15, -0.1) is 0 Å². The Morgan fingerprint density at radius 1 is 0.879 bits per heavy atom. The van der Waals surface area contributed by atoms with Crippen LogP contribution in [0.15, 0.2) is 83.8 Å². The molecule has 174 valence electrons. The SMILES string of the molecule is CC[C@H](C)NS(=O)(=O)c1ccc(OCC(=O)Nc2ccc(OCc3ccccc3)cc2)cc1. The fourth-order valence-electron chi connectivity index (χ4n) is 2.85. The summed E-state index contributed by atoms with van der Waals surface area (Å²) in [6.07, 6.45) is 0.693. The number of nitrogens with one attached hydrogen (secondary N) is 2. The van der Waals surface area contributed by atoms with Crippen LogP contribution in [0.4, 0.5) is 5.69 Å². The second-order valence-corrected chi connectivity index (χ2v) is 9.25. The van der Waals surface area contributed by atoms with Crippen molar-refractivity contribution in [1.29, 1.82) is 0 Å². The molecule has 0 spiro atoms. The molecule has 3 rings (SSSR count). The molecule has 0 aliphatic rings. The fourth-order valence-corrected chi connectivity index (χ4v) is 4.18. The van der Waals surface area contributed by atoms with Gasteiger partial charge in [0.05, 0.1) is 4.90 Å². The summed E-state index contributed by atoms with van der Waals surface area (Å²) in [7, 11) is -3.58. The lowest BCUT2D eigenvalue weighted by Crippen LogP contribution is -2.31. The minimum atomic E-state index is -3.58. The molecule has 3 aromatic rings. The number of sulfonamides is 1. The zero-order valence-corrected chi connectivity index (χ0v) is 19.5. The number of carbonyl (C=O) groups excluding carboxylic acids is 1. The summed E-state index contributed by atoms with van der Waals surface area (Å²) in [5.41, 5.74) is 1.69. The van der Waals surface area contributed by atoms with E-state index in [-0.39, 0.29) is 23.5 Å². The van der Waals surface area contributed by atoms with Gasteiger partial charge in [-0.25, -0.2) is 13.1 Å². The van der Waals surface area contributed by atoms with Crippen LogP contribution in [0.5, 0.6) is 11.5 Å². The van der Waals surface area contributed by atoms with E-state index in [4.69, 9.17) is 9.47 Å². The summed E-state index contributed by atoms with van der Waals surface area (Å²) >= 11 is 0. The Morgan fingerprint density at radius 3 is 2.12 bits per heavy atom. The van der Waals surface area contributed by atoms with Crippen molar-refractivity contribution in [2.75, 3.05) is 11.9 Å². The topological polar surface area (TPSA) is 93.7 Å². The summed E-state index contributed by atoms with van der Waals surface area (Å²) in [5, 5.41) is 2.75. The molecular weight excluding hydrogens is 440 g/mol. The van der Waals surface area contributed by atoms with Gasteiger partial charge in [0.25, 0.3) is 5.91 Å². The molecule has 0 saturated heterocycles. The monoisotopic (exact) mass is 468 g/mol. The number of anilines is 1. The molecule has 0 fully saturated rings. The maximum atomic E-state index is 12.3. The van der Waals surface area contributed by atoms with E-state index >= 15 is 0 Å². The zero-order valence-electron chi connectivity index (χ0n) is 18.7. The molecule has 0 heterocycles. The van der Waals surface area contributed by atoms with Crippen molar-refractivity contribution >= 4 is 21.6 Å². The molecule has 1 amide bonds. The number of hydrogen-bond donors (Lipinski definition) is 2. The van der Waals surface area contributed by atoms with E-state index in [0.717, 1.165) is 5.56 Å². The first kappa shape index (κ1) is 24.3. The van der Waals surface area contributed by atoms with Crippen LogP contribution in [-0.4, -0.2) is 27.0 Å². The maximum Gasteiger partial charge on any atom is 0.262 e. The van der Waals surface area contributed by atoms with Crippen LogP contribution in [0.25, 0.3) is 0 Å². The summed E-state index contributed by atoms with van der Waals surface area (Å²) in [4.78, 5) is 12.3. The molecule has 0 saturated carbocycles. The van der Waals surface area contributed by atoms with Crippen molar-refractivity contribution in [1.82, 2.24) is 4.72 Å². The van der Waals surface area contributed by atoms with Gasteiger partial charge in [0.2, 0.25) is 10.0 Å². The number of amides is 1. The summed E-state index contributed by atoms with van der Waals surface area (Å²) in [6, 6.07) is 22.7. The Kier molecular flexibility index (Phi) is 8.46. The van der Waals surface area contributed by atoms with Crippen molar-refractivity contribution in [3.05, 3.63) is 84.4 Å². The molecule has 0 radical (unpaired) electrons. The molecule has 0 unspecified atom stereocenters. The molecule has 33 heavy (non-hydrogen) atoms. The van der Waals surface area contributed by atoms with E-state index in [2.05, 4.69) is 10.0 Å². The quantitative estimate of drug-likeness (QED) is 0.436. The van der Waals surface area contributed by atoms with Gasteiger partial charge in [0.15, 0.2) is 6.61 Å². The lowest BCUT2D eigenvalue weighted by Gasteiger charge is -2.12. The molecule has 0 aliphatic heterocycles. The lowest BCUT2D eigenvalue weighted by molar-refractivity contribution is -0.118. The minimum Gasteiger partial charge on any atom is -0.489 e.